The molecule has 0 aliphatic heterocycles. The average Bonchev–Trinajstić information content (AvgIpc) is 2.66. The molecule has 0 aliphatic carbocycles. The van der Waals surface area contributed by atoms with Crippen LogP contribution in [0.1, 0.15) is 12.5 Å². The highest BCUT2D eigenvalue weighted by molar-refractivity contribution is 9.10. The molecule has 5 nitrogen and oxygen atoms in total. The number of thioether (sulfide) groups is 1. The Bertz CT molecular complexity index is 801. The minimum Gasteiger partial charge on any atom is -0.496 e. The van der Waals surface area contributed by atoms with Gasteiger partial charge in [-0.05, 0) is 64.8 Å². The largest absolute Gasteiger partial charge is 0.496 e. The van der Waals surface area contributed by atoms with Gasteiger partial charge in [0.05, 0.1) is 17.3 Å². The molecule has 0 heterocycles. The van der Waals surface area contributed by atoms with Crippen molar-refractivity contribution in [1.82, 2.24) is 0 Å². The molecule has 0 radical (unpaired) electrons. The van der Waals surface area contributed by atoms with E-state index in [1.165, 1.54) is 36.0 Å². The van der Waals surface area contributed by atoms with E-state index in [9.17, 15) is 14.0 Å². The van der Waals surface area contributed by atoms with Crippen LogP contribution in [0.3, 0.4) is 0 Å². The summed E-state index contributed by atoms with van der Waals surface area (Å²) in [6.07, 6.45) is 0. The van der Waals surface area contributed by atoms with Crippen molar-refractivity contribution in [2.24, 2.45) is 0 Å². The molecule has 1 atom stereocenters. The van der Waals surface area contributed by atoms with Gasteiger partial charge >= 0.3 is 5.97 Å². The molecular formula is C19H19BrFNO4S. The van der Waals surface area contributed by atoms with E-state index in [0.29, 0.717) is 11.4 Å². The summed E-state index contributed by atoms with van der Waals surface area (Å²) in [5, 5.41) is 2.15. The van der Waals surface area contributed by atoms with Crippen LogP contribution in [0.2, 0.25) is 0 Å². The lowest BCUT2D eigenvalue weighted by atomic mass is 10.2. The molecule has 0 spiro atoms. The van der Waals surface area contributed by atoms with Crippen molar-refractivity contribution in [3.05, 3.63) is 58.3 Å². The SMILES string of the molecule is COc1ccc(COC(=O)C(C)SCC(=O)Nc2ccc(F)cc2)cc1Br. The van der Waals surface area contributed by atoms with Crippen molar-refractivity contribution >= 4 is 45.3 Å². The smallest absolute Gasteiger partial charge is 0.319 e. The predicted octanol–water partition coefficient (Wildman–Crippen LogP) is 4.40. The number of methoxy groups -OCH3 is 1. The maximum atomic E-state index is 12.8. The summed E-state index contributed by atoms with van der Waals surface area (Å²) in [5.41, 5.74) is 1.32. The van der Waals surface area contributed by atoms with Gasteiger partial charge in [0.25, 0.3) is 0 Å². The second-order valence-corrected chi connectivity index (χ2v) is 7.77. The quantitative estimate of drug-likeness (QED) is 0.597. The number of hydrogen-bond acceptors (Lipinski definition) is 5. The number of hydrogen-bond donors (Lipinski definition) is 1. The zero-order valence-corrected chi connectivity index (χ0v) is 17.2. The van der Waals surface area contributed by atoms with Crippen LogP contribution in [-0.4, -0.2) is 30.0 Å². The summed E-state index contributed by atoms with van der Waals surface area (Å²) in [6, 6.07) is 10.9. The number of benzene rings is 2. The van der Waals surface area contributed by atoms with Gasteiger partial charge < -0.3 is 14.8 Å². The summed E-state index contributed by atoms with van der Waals surface area (Å²) in [5.74, 6) is -0.266. The molecule has 144 valence electrons. The number of amides is 1. The fraction of sp³-hybridized carbons (Fsp3) is 0.263. The Morgan fingerprint density at radius 2 is 1.93 bits per heavy atom. The topological polar surface area (TPSA) is 64.6 Å². The molecule has 27 heavy (non-hydrogen) atoms. The highest BCUT2D eigenvalue weighted by atomic mass is 79.9. The number of rotatable bonds is 8. The molecule has 0 bridgehead atoms. The molecule has 0 saturated heterocycles. The zero-order chi connectivity index (χ0) is 19.8. The van der Waals surface area contributed by atoms with Crippen LogP contribution in [0.4, 0.5) is 10.1 Å². The van der Waals surface area contributed by atoms with Crippen molar-refractivity contribution in [3.8, 4) is 5.75 Å². The fourth-order valence-corrected chi connectivity index (χ4v) is 3.34. The van der Waals surface area contributed by atoms with Crippen molar-refractivity contribution in [2.45, 2.75) is 18.8 Å². The van der Waals surface area contributed by atoms with Crippen LogP contribution in [0.15, 0.2) is 46.9 Å². The van der Waals surface area contributed by atoms with Crippen molar-refractivity contribution in [2.75, 3.05) is 18.2 Å². The third-order valence-electron chi connectivity index (χ3n) is 3.52. The van der Waals surface area contributed by atoms with E-state index >= 15 is 0 Å². The number of ether oxygens (including phenoxy) is 2. The molecule has 8 heteroatoms. The minimum absolute atomic E-state index is 0.0850. The molecule has 0 fully saturated rings. The van der Waals surface area contributed by atoms with Gasteiger partial charge in [-0.25, -0.2) is 4.39 Å². The Labute approximate surface area is 169 Å². The summed E-state index contributed by atoms with van der Waals surface area (Å²) < 4.78 is 24.1. The van der Waals surface area contributed by atoms with E-state index < -0.39 is 11.2 Å². The normalized spacial score (nSPS) is 11.6. The third-order valence-corrected chi connectivity index (χ3v) is 5.26. The van der Waals surface area contributed by atoms with Gasteiger partial charge in [-0.3, -0.25) is 9.59 Å². The van der Waals surface area contributed by atoms with Crippen LogP contribution < -0.4 is 10.1 Å². The van der Waals surface area contributed by atoms with E-state index in [1.54, 1.807) is 20.1 Å². The molecule has 1 N–H and O–H groups in total. The number of carbonyl (C=O) groups is 2. The first-order valence-electron chi connectivity index (χ1n) is 8.05. The number of anilines is 1. The van der Waals surface area contributed by atoms with Crippen molar-refractivity contribution in [1.29, 1.82) is 0 Å². The Hall–Kier alpha value is -2.06. The summed E-state index contributed by atoms with van der Waals surface area (Å²) >= 11 is 4.55. The number of nitrogens with one attached hydrogen (secondary N) is 1. The van der Waals surface area contributed by atoms with Gasteiger partial charge in [0, 0.05) is 5.69 Å². The molecule has 0 aromatic heterocycles. The molecule has 2 aromatic carbocycles. The van der Waals surface area contributed by atoms with E-state index in [2.05, 4.69) is 21.2 Å². The van der Waals surface area contributed by atoms with Crippen LogP contribution in [0, 0.1) is 5.82 Å². The molecular weight excluding hydrogens is 437 g/mol. The van der Waals surface area contributed by atoms with E-state index in [1.807, 2.05) is 12.1 Å². The van der Waals surface area contributed by atoms with Gasteiger partial charge in [0.2, 0.25) is 5.91 Å². The molecule has 2 aromatic rings. The van der Waals surface area contributed by atoms with Gasteiger partial charge in [0.15, 0.2) is 0 Å². The standard InChI is InChI=1S/C19H19BrFNO4S/c1-12(27-11-18(23)22-15-6-4-14(21)5-7-15)19(24)26-10-13-3-8-17(25-2)16(20)9-13/h3-9,12H,10-11H2,1-2H3,(H,22,23). The molecule has 2 rings (SSSR count). The predicted molar refractivity (Wildman–Crippen MR) is 107 cm³/mol. The Morgan fingerprint density at radius 1 is 1.22 bits per heavy atom. The fourth-order valence-electron chi connectivity index (χ4n) is 2.07. The molecule has 0 aliphatic rings. The highest BCUT2D eigenvalue weighted by Crippen LogP contribution is 2.26. The van der Waals surface area contributed by atoms with Crippen LogP contribution in [0.5, 0.6) is 5.75 Å². The molecule has 1 unspecified atom stereocenters. The van der Waals surface area contributed by atoms with Crippen molar-refractivity contribution < 1.29 is 23.5 Å². The van der Waals surface area contributed by atoms with Gasteiger partial charge in [-0.15, -0.1) is 11.8 Å². The second kappa shape index (κ2) is 10.3. The summed E-state index contributed by atoms with van der Waals surface area (Å²) in [6.45, 7) is 1.82. The van der Waals surface area contributed by atoms with E-state index in [4.69, 9.17) is 9.47 Å². The van der Waals surface area contributed by atoms with E-state index in [0.717, 1.165) is 10.0 Å². The first kappa shape index (κ1) is 21.2. The van der Waals surface area contributed by atoms with Crippen molar-refractivity contribution in [3.63, 3.8) is 0 Å². The van der Waals surface area contributed by atoms with Gasteiger partial charge in [0.1, 0.15) is 23.4 Å². The summed E-state index contributed by atoms with van der Waals surface area (Å²) in [4.78, 5) is 24.0. The molecule has 0 saturated carbocycles. The lowest BCUT2D eigenvalue weighted by molar-refractivity contribution is -0.143. The monoisotopic (exact) mass is 455 g/mol. The van der Waals surface area contributed by atoms with Gasteiger partial charge in [-0.1, -0.05) is 6.07 Å². The van der Waals surface area contributed by atoms with E-state index in [-0.39, 0.29) is 24.1 Å². The van der Waals surface area contributed by atoms with Crippen LogP contribution >= 0.6 is 27.7 Å². The molecule has 1 amide bonds. The van der Waals surface area contributed by atoms with Crippen LogP contribution in [0.25, 0.3) is 0 Å². The maximum absolute atomic E-state index is 12.8. The highest BCUT2D eigenvalue weighted by Gasteiger charge is 2.17. The van der Waals surface area contributed by atoms with Crippen LogP contribution in [-0.2, 0) is 20.9 Å². The zero-order valence-electron chi connectivity index (χ0n) is 14.8. The number of esters is 1. The first-order valence-corrected chi connectivity index (χ1v) is 9.89. The minimum atomic E-state index is -0.495. The lowest BCUT2D eigenvalue weighted by Gasteiger charge is -2.12. The number of halogens is 2. The average molecular weight is 456 g/mol. The lowest BCUT2D eigenvalue weighted by Crippen LogP contribution is -2.21. The van der Waals surface area contributed by atoms with Gasteiger partial charge in [-0.2, -0.15) is 0 Å². The Balaban J connectivity index is 1.75. The number of carbonyl (C=O) groups excluding carboxylic acids is 2. The third kappa shape index (κ3) is 6.88. The summed E-state index contributed by atoms with van der Waals surface area (Å²) in [7, 11) is 1.57. The first-order chi connectivity index (χ1) is 12.9. The Kier molecular flexibility index (Phi) is 8.12. The Morgan fingerprint density at radius 3 is 2.56 bits per heavy atom. The maximum Gasteiger partial charge on any atom is 0.319 e. The second-order valence-electron chi connectivity index (χ2n) is 5.58.